The minimum atomic E-state index is 0.286. The SMILES string of the molecule is CNc1ncnc(Nc2cc(Br)ccc2OC)c1C(C)C. The molecular weight excluding hydrogens is 332 g/mol. The molecule has 0 saturated carbocycles. The first kappa shape index (κ1) is 15.6. The van der Waals surface area contributed by atoms with Crippen LogP contribution in [-0.2, 0) is 0 Å². The maximum atomic E-state index is 5.39. The molecule has 0 fully saturated rings. The molecule has 0 unspecified atom stereocenters. The summed E-state index contributed by atoms with van der Waals surface area (Å²) in [6.45, 7) is 4.23. The molecule has 0 saturated heterocycles. The Labute approximate surface area is 133 Å². The van der Waals surface area contributed by atoms with E-state index in [-0.39, 0.29) is 5.92 Å². The predicted octanol–water partition coefficient (Wildman–Crippen LogP) is 4.16. The number of anilines is 3. The molecule has 2 aromatic rings. The van der Waals surface area contributed by atoms with Crippen LogP contribution in [-0.4, -0.2) is 24.1 Å². The Morgan fingerprint density at radius 3 is 2.52 bits per heavy atom. The maximum Gasteiger partial charge on any atom is 0.142 e. The van der Waals surface area contributed by atoms with Gasteiger partial charge in [0, 0.05) is 17.1 Å². The molecule has 0 radical (unpaired) electrons. The molecule has 1 aromatic heterocycles. The molecule has 6 heteroatoms. The van der Waals surface area contributed by atoms with Crippen LogP contribution in [0.1, 0.15) is 25.3 Å². The Balaban J connectivity index is 2.47. The van der Waals surface area contributed by atoms with E-state index in [0.29, 0.717) is 0 Å². The number of nitrogens with zero attached hydrogens (tertiary/aromatic N) is 2. The van der Waals surface area contributed by atoms with Crippen LogP contribution in [0, 0.1) is 0 Å². The lowest BCUT2D eigenvalue weighted by atomic mass is 10.0. The summed E-state index contributed by atoms with van der Waals surface area (Å²) in [6, 6.07) is 5.80. The first-order valence-electron chi connectivity index (χ1n) is 6.70. The lowest BCUT2D eigenvalue weighted by Gasteiger charge is -2.18. The van der Waals surface area contributed by atoms with Crippen molar-refractivity contribution in [2.75, 3.05) is 24.8 Å². The zero-order chi connectivity index (χ0) is 15.4. The third-order valence-electron chi connectivity index (χ3n) is 3.11. The smallest absolute Gasteiger partial charge is 0.142 e. The molecule has 1 heterocycles. The summed E-state index contributed by atoms with van der Waals surface area (Å²) in [5.74, 6) is 2.66. The molecule has 0 amide bonds. The van der Waals surface area contributed by atoms with Crippen molar-refractivity contribution in [1.82, 2.24) is 9.97 Å². The van der Waals surface area contributed by atoms with E-state index < -0.39 is 0 Å². The van der Waals surface area contributed by atoms with Gasteiger partial charge < -0.3 is 15.4 Å². The van der Waals surface area contributed by atoms with Gasteiger partial charge in [-0.1, -0.05) is 29.8 Å². The van der Waals surface area contributed by atoms with E-state index in [4.69, 9.17) is 4.74 Å². The van der Waals surface area contributed by atoms with Crippen LogP contribution in [0.5, 0.6) is 5.75 Å². The summed E-state index contributed by atoms with van der Waals surface area (Å²) in [7, 11) is 3.51. The van der Waals surface area contributed by atoms with E-state index in [1.807, 2.05) is 25.2 Å². The zero-order valence-corrected chi connectivity index (χ0v) is 14.2. The molecule has 0 spiro atoms. The number of aromatic nitrogens is 2. The average Bonchev–Trinajstić information content (AvgIpc) is 2.47. The predicted molar refractivity (Wildman–Crippen MR) is 89.6 cm³/mol. The fourth-order valence-corrected chi connectivity index (χ4v) is 2.51. The molecule has 2 N–H and O–H groups in total. The fraction of sp³-hybridized carbons (Fsp3) is 0.333. The fourth-order valence-electron chi connectivity index (χ4n) is 2.15. The van der Waals surface area contributed by atoms with Gasteiger partial charge in [0.05, 0.1) is 12.8 Å². The molecule has 0 bridgehead atoms. The molecule has 0 aliphatic rings. The normalized spacial score (nSPS) is 10.6. The van der Waals surface area contributed by atoms with Crippen LogP contribution < -0.4 is 15.4 Å². The second-order valence-electron chi connectivity index (χ2n) is 4.86. The van der Waals surface area contributed by atoms with Crippen molar-refractivity contribution in [1.29, 1.82) is 0 Å². The maximum absolute atomic E-state index is 5.39. The van der Waals surface area contributed by atoms with Gasteiger partial charge in [-0.3, -0.25) is 0 Å². The van der Waals surface area contributed by atoms with Gasteiger partial charge in [0.1, 0.15) is 23.7 Å². The molecule has 0 aliphatic carbocycles. The van der Waals surface area contributed by atoms with E-state index in [1.165, 1.54) is 0 Å². The number of benzene rings is 1. The highest BCUT2D eigenvalue weighted by Crippen LogP contribution is 2.34. The van der Waals surface area contributed by atoms with Crippen molar-refractivity contribution in [3.05, 3.63) is 34.6 Å². The third-order valence-corrected chi connectivity index (χ3v) is 3.61. The van der Waals surface area contributed by atoms with E-state index in [1.54, 1.807) is 13.4 Å². The summed E-state index contributed by atoms with van der Waals surface area (Å²) in [5.41, 5.74) is 1.90. The molecular formula is C15H19BrN4O. The highest BCUT2D eigenvalue weighted by molar-refractivity contribution is 9.10. The van der Waals surface area contributed by atoms with Crippen LogP contribution >= 0.6 is 15.9 Å². The number of hydrogen-bond acceptors (Lipinski definition) is 5. The number of nitrogens with one attached hydrogen (secondary N) is 2. The van der Waals surface area contributed by atoms with E-state index in [2.05, 4.69) is 50.4 Å². The van der Waals surface area contributed by atoms with Crippen LogP contribution in [0.15, 0.2) is 29.0 Å². The number of ether oxygens (including phenoxy) is 1. The summed E-state index contributed by atoms with van der Waals surface area (Å²) in [6.07, 6.45) is 1.55. The van der Waals surface area contributed by atoms with Crippen molar-refractivity contribution in [2.45, 2.75) is 19.8 Å². The summed E-state index contributed by atoms with van der Waals surface area (Å²) in [5, 5.41) is 6.45. The number of rotatable bonds is 5. The lowest BCUT2D eigenvalue weighted by Crippen LogP contribution is -2.07. The van der Waals surface area contributed by atoms with Crippen LogP contribution in [0.4, 0.5) is 17.3 Å². The topological polar surface area (TPSA) is 59.1 Å². The Kier molecular flexibility index (Phi) is 5.01. The number of halogens is 1. The molecule has 5 nitrogen and oxygen atoms in total. The van der Waals surface area contributed by atoms with Crippen LogP contribution in [0.2, 0.25) is 0 Å². The summed E-state index contributed by atoms with van der Waals surface area (Å²) < 4.78 is 6.36. The van der Waals surface area contributed by atoms with Gasteiger partial charge in [-0.05, 0) is 24.1 Å². The van der Waals surface area contributed by atoms with Gasteiger partial charge in [-0.2, -0.15) is 0 Å². The van der Waals surface area contributed by atoms with E-state index >= 15 is 0 Å². The van der Waals surface area contributed by atoms with Crippen LogP contribution in [0.3, 0.4) is 0 Å². The zero-order valence-electron chi connectivity index (χ0n) is 12.6. The Hall–Kier alpha value is -1.82. The van der Waals surface area contributed by atoms with Crippen molar-refractivity contribution in [3.63, 3.8) is 0 Å². The second-order valence-corrected chi connectivity index (χ2v) is 5.77. The monoisotopic (exact) mass is 350 g/mol. The number of hydrogen-bond donors (Lipinski definition) is 2. The molecule has 2 rings (SSSR count). The molecule has 0 atom stereocenters. The van der Waals surface area contributed by atoms with Crippen molar-refractivity contribution in [2.24, 2.45) is 0 Å². The standard InChI is InChI=1S/C15H19BrN4O/c1-9(2)13-14(17-3)18-8-19-15(13)20-11-7-10(16)5-6-12(11)21-4/h5-9H,1-4H3,(H2,17,18,19,20). The Morgan fingerprint density at radius 2 is 1.90 bits per heavy atom. The second kappa shape index (κ2) is 6.76. The first-order valence-corrected chi connectivity index (χ1v) is 7.49. The molecule has 21 heavy (non-hydrogen) atoms. The lowest BCUT2D eigenvalue weighted by molar-refractivity contribution is 0.416. The van der Waals surface area contributed by atoms with Gasteiger partial charge in [0.25, 0.3) is 0 Å². The van der Waals surface area contributed by atoms with Crippen molar-refractivity contribution in [3.8, 4) is 5.75 Å². The van der Waals surface area contributed by atoms with Gasteiger partial charge in [0.2, 0.25) is 0 Å². The largest absolute Gasteiger partial charge is 0.495 e. The van der Waals surface area contributed by atoms with E-state index in [0.717, 1.165) is 33.1 Å². The minimum Gasteiger partial charge on any atom is -0.495 e. The van der Waals surface area contributed by atoms with E-state index in [9.17, 15) is 0 Å². The first-order chi connectivity index (χ1) is 10.1. The molecule has 112 valence electrons. The molecule has 0 aliphatic heterocycles. The highest BCUT2D eigenvalue weighted by atomic mass is 79.9. The van der Waals surface area contributed by atoms with Gasteiger partial charge in [-0.15, -0.1) is 0 Å². The van der Waals surface area contributed by atoms with Gasteiger partial charge in [-0.25, -0.2) is 9.97 Å². The van der Waals surface area contributed by atoms with Gasteiger partial charge >= 0.3 is 0 Å². The quantitative estimate of drug-likeness (QED) is 0.847. The third kappa shape index (κ3) is 3.44. The molecule has 1 aromatic carbocycles. The summed E-state index contributed by atoms with van der Waals surface area (Å²) >= 11 is 3.47. The van der Waals surface area contributed by atoms with Crippen molar-refractivity contribution >= 4 is 33.3 Å². The minimum absolute atomic E-state index is 0.286. The highest BCUT2D eigenvalue weighted by Gasteiger charge is 2.15. The summed E-state index contributed by atoms with van der Waals surface area (Å²) in [4.78, 5) is 8.65. The Bertz CT molecular complexity index is 631. The average molecular weight is 351 g/mol. The number of methoxy groups -OCH3 is 1. The Morgan fingerprint density at radius 1 is 1.19 bits per heavy atom. The van der Waals surface area contributed by atoms with Gasteiger partial charge in [0.15, 0.2) is 0 Å². The van der Waals surface area contributed by atoms with Crippen molar-refractivity contribution < 1.29 is 4.74 Å². The van der Waals surface area contributed by atoms with Crippen LogP contribution in [0.25, 0.3) is 0 Å².